The first kappa shape index (κ1) is 15.0. The van der Waals surface area contributed by atoms with E-state index in [1.807, 2.05) is 24.3 Å². The second kappa shape index (κ2) is 6.09. The van der Waals surface area contributed by atoms with Crippen LogP contribution in [0, 0.1) is 11.7 Å². The highest BCUT2D eigenvalue weighted by Crippen LogP contribution is 2.28. The number of fused-ring (bicyclic) bond motifs is 1. The fourth-order valence-corrected chi connectivity index (χ4v) is 2.79. The Bertz CT molecular complexity index is 725. The summed E-state index contributed by atoms with van der Waals surface area (Å²) < 4.78 is 14.3. The lowest BCUT2D eigenvalue weighted by molar-refractivity contribution is 0.515. The first-order valence-corrected chi connectivity index (χ1v) is 7.80. The third-order valence-electron chi connectivity index (χ3n) is 3.93. The van der Waals surface area contributed by atoms with Gasteiger partial charge in [-0.25, -0.2) is 4.39 Å². The average Bonchev–Trinajstić information content (AvgIpc) is 2.67. The molecule has 0 fully saturated rings. The molecule has 0 aliphatic carbocycles. The molecule has 2 aromatic rings. The summed E-state index contributed by atoms with van der Waals surface area (Å²) >= 11 is 6.14. The Morgan fingerprint density at radius 2 is 1.95 bits per heavy atom. The van der Waals surface area contributed by atoms with E-state index in [0.29, 0.717) is 22.2 Å². The number of nitrogens with zero attached hydrogens (tertiary/aromatic N) is 1. The van der Waals surface area contributed by atoms with Crippen molar-refractivity contribution in [3.05, 3.63) is 64.4 Å². The van der Waals surface area contributed by atoms with Crippen LogP contribution in [-0.2, 0) is 0 Å². The Labute approximate surface area is 135 Å². The molecule has 0 amide bonds. The number of hydrogen-bond donors (Lipinski definition) is 1. The average molecular weight is 317 g/mol. The molecule has 0 bridgehead atoms. The minimum Gasteiger partial charge on any atom is -0.382 e. The summed E-state index contributed by atoms with van der Waals surface area (Å²) in [5.41, 5.74) is 2.97. The number of benzodiazepines with no additional fused rings is 1. The molecule has 22 heavy (non-hydrogen) atoms. The predicted molar refractivity (Wildman–Crippen MR) is 90.6 cm³/mol. The van der Waals surface area contributed by atoms with Gasteiger partial charge in [0.15, 0.2) is 0 Å². The van der Waals surface area contributed by atoms with Crippen molar-refractivity contribution < 1.29 is 4.39 Å². The van der Waals surface area contributed by atoms with Gasteiger partial charge in [0.25, 0.3) is 0 Å². The molecule has 0 unspecified atom stereocenters. The third kappa shape index (κ3) is 2.86. The SMILES string of the molecule is CC(C)[C@@H]1CNc2ccc(Cl)cc2C(c2ccccc2F)=N1. The second-order valence-electron chi connectivity index (χ2n) is 5.84. The minimum absolute atomic E-state index is 0.0841. The monoisotopic (exact) mass is 316 g/mol. The fraction of sp³-hybridized carbons (Fsp3) is 0.278. The van der Waals surface area contributed by atoms with Crippen LogP contribution in [-0.4, -0.2) is 18.3 Å². The normalized spacial score (nSPS) is 17.5. The third-order valence-corrected chi connectivity index (χ3v) is 4.17. The van der Waals surface area contributed by atoms with Gasteiger partial charge < -0.3 is 5.32 Å². The summed E-state index contributed by atoms with van der Waals surface area (Å²) in [5, 5.41) is 4.03. The molecule has 2 aromatic carbocycles. The molecule has 1 atom stereocenters. The van der Waals surface area contributed by atoms with Gasteiger partial charge in [0.05, 0.1) is 11.8 Å². The molecule has 0 saturated heterocycles. The number of aliphatic imine (C=N–C) groups is 1. The van der Waals surface area contributed by atoms with E-state index in [2.05, 4.69) is 19.2 Å². The smallest absolute Gasteiger partial charge is 0.132 e. The lowest BCUT2D eigenvalue weighted by atomic mass is 9.99. The highest BCUT2D eigenvalue weighted by Gasteiger charge is 2.23. The van der Waals surface area contributed by atoms with Gasteiger partial charge in [-0.15, -0.1) is 0 Å². The van der Waals surface area contributed by atoms with Crippen LogP contribution in [0.5, 0.6) is 0 Å². The van der Waals surface area contributed by atoms with Crippen LogP contribution in [0.3, 0.4) is 0 Å². The van der Waals surface area contributed by atoms with Crippen LogP contribution < -0.4 is 5.32 Å². The van der Waals surface area contributed by atoms with Gasteiger partial charge in [-0.05, 0) is 36.2 Å². The summed E-state index contributed by atoms with van der Waals surface area (Å²) in [7, 11) is 0. The lowest BCUT2D eigenvalue weighted by Crippen LogP contribution is -2.23. The molecule has 0 spiro atoms. The van der Waals surface area contributed by atoms with Gasteiger partial charge in [0.1, 0.15) is 5.82 Å². The number of hydrogen-bond acceptors (Lipinski definition) is 2. The molecule has 1 N–H and O–H groups in total. The summed E-state index contributed by atoms with van der Waals surface area (Å²) in [6.45, 7) is 4.97. The number of benzene rings is 2. The highest BCUT2D eigenvalue weighted by molar-refractivity contribution is 6.31. The van der Waals surface area contributed by atoms with Gasteiger partial charge in [0.2, 0.25) is 0 Å². The van der Waals surface area contributed by atoms with Crippen molar-refractivity contribution in [2.75, 3.05) is 11.9 Å². The fourth-order valence-electron chi connectivity index (χ4n) is 2.61. The number of halogens is 2. The first-order valence-electron chi connectivity index (χ1n) is 7.42. The standard InChI is InChI=1S/C18H18ClFN2/c1-11(2)17-10-21-16-8-7-12(19)9-14(16)18(22-17)13-5-3-4-6-15(13)20/h3-9,11,17,21H,10H2,1-2H3/t17-/m0/s1. The van der Waals surface area contributed by atoms with E-state index in [1.54, 1.807) is 12.1 Å². The molecule has 3 rings (SSSR count). The van der Waals surface area contributed by atoms with E-state index in [0.717, 1.165) is 17.8 Å². The van der Waals surface area contributed by atoms with Crippen molar-refractivity contribution in [2.24, 2.45) is 10.9 Å². The zero-order valence-corrected chi connectivity index (χ0v) is 13.4. The van der Waals surface area contributed by atoms with Crippen LogP contribution in [0.15, 0.2) is 47.5 Å². The first-order chi connectivity index (χ1) is 10.6. The Morgan fingerprint density at radius 1 is 1.18 bits per heavy atom. The van der Waals surface area contributed by atoms with Gasteiger partial charge in [0, 0.05) is 28.4 Å². The van der Waals surface area contributed by atoms with Crippen LogP contribution in [0.2, 0.25) is 5.02 Å². The number of nitrogens with one attached hydrogen (secondary N) is 1. The predicted octanol–water partition coefficient (Wildman–Crippen LogP) is 4.77. The molecule has 0 saturated carbocycles. The highest BCUT2D eigenvalue weighted by atomic mass is 35.5. The molecule has 0 aromatic heterocycles. The maximum Gasteiger partial charge on any atom is 0.132 e. The van der Waals surface area contributed by atoms with E-state index >= 15 is 0 Å². The summed E-state index contributed by atoms with van der Waals surface area (Å²) in [6, 6.07) is 12.4. The molecule has 2 nitrogen and oxygen atoms in total. The Morgan fingerprint density at radius 3 is 2.68 bits per heavy atom. The summed E-state index contributed by atoms with van der Waals surface area (Å²) in [6.07, 6.45) is 0. The van der Waals surface area contributed by atoms with Gasteiger partial charge >= 0.3 is 0 Å². The van der Waals surface area contributed by atoms with E-state index in [-0.39, 0.29) is 11.9 Å². The van der Waals surface area contributed by atoms with Crippen LogP contribution in [0.4, 0.5) is 10.1 Å². The Kier molecular flexibility index (Phi) is 4.16. The minimum atomic E-state index is -0.267. The van der Waals surface area contributed by atoms with Crippen LogP contribution in [0.1, 0.15) is 25.0 Å². The van der Waals surface area contributed by atoms with Crippen molar-refractivity contribution in [3.8, 4) is 0 Å². The van der Waals surface area contributed by atoms with Crippen LogP contribution in [0.25, 0.3) is 0 Å². The Hall–Kier alpha value is -1.87. The van der Waals surface area contributed by atoms with E-state index in [1.165, 1.54) is 6.07 Å². The maximum atomic E-state index is 14.3. The zero-order valence-electron chi connectivity index (χ0n) is 12.6. The van der Waals surface area contributed by atoms with Crippen molar-refractivity contribution in [3.63, 3.8) is 0 Å². The summed E-state index contributed by atoms with van der Waals surface area (Å²) in [4.78, 5) is 4.84. The van der Waals surface area contributed by atoms with E-state index in [4.69, 9.17) is 16.6 Å². The Balaban J connectivity index is 2.21. The molecular formula is C18H18ClFN2. The molecule has 1 aliphatic rings. The second-order valence-corrected chi connectivity index (χ2v) is 6.28. The van der Waals surface area contributed by atoms with Gasteiger partial charge in [-0.2, -0.15) is 0 Å². The molecule has 1 aliphatic heterocycles. The van der Waals surface area contributed by atoms with Crippen molar-refractivity contribution in [1.29, 1.82) is 0 Å². The quantitative estimate of drug-likeness (QED) is 0.848. The molecule has 1 heterocycles. The largest absolute Gasteiger partial charge is 0.382 e. The lowest BCUT2D eigenvalue weighted by Gasteiger charge is -2.16. The van der Waals surface area contributed by atoms with Crippen molar-refractivity contribution in [1.82, 2.24) is 0 Å². The molecule has 114 valence electrons. The van der Waals surface area contributed by atoms with E-state index in [9.17, 15) is 4.39 Å². The molecule has 4 heteroatoms. The number of rotatable bonds is 2. The summed E-state index contributed by atoms with van der Waals surface area (Å²) in [5.74, 6) is 0.0932. The van der Waals surface area contributed by atoms with Gasteiger partial charge in [-0.3, -0.25) is 4.99 Å². The topological polar surface area (TPSA) is 24.4 Å². The maximum absolute atomic E-state index is 14.3. The van der Waals surface area contributed by atoms with E-state index < -0.39 is 0 Å². The van der Waals surface area contributed by atoms with Crippen molar-refractivity contribution >= 4 is 23.0 Å². The van der Waals surface area contributed by atoms with Crippen molar-refractivity contribution in [2.45, 2.75) is 19.9 Å². The number of anilines is 1. The molecule has 0 radical (unpaired) electrons. The van der Waals surface area contributed by atoms with Crippen LogP contribution >= 0.6 is 11.6 Å². The molecular weight excluding hydrogens is 299 g/mol. The van der Waals surface area contributed by atoms with Gasteiger partial charge in [-0.1, -0.05) is 37.6 Å². The zero-order chi connectivity index (χ0) is 15.7.